The molecule has 1 saturated heterocycles. The quantitative estimate of drug-likeness (QED) is 0.531. The van der Waals surface area contributed by atoms with Crippen LogP contribution in [0.4, 0.5) is 11.4 Å². The van der Waals surface area contributed by atoms with Gasteiger partial charge in [0.05, 0.1) is 23.5 Å². The molecule has 0 saturated carbocycles. The van der Waals surface area contributed by atoms with Gasteiger partial charge in [-0.1, -0.05) is 18.2 Å². The molecule has 1 heterocycles. The standard InChI is InChI=1S/C17H16N2O4/c18-14-10-12(17(21)23-13-4-2-1-3-5-13)6-7-15(14)19-8-9-22-11-16(19)20/h1-7,10H,8-9,11,18H2. The Bertz CT molecular complexity index is 731. The topological polar surface area (TPSA) is 81.9 Å². The van der Waals surface area contributed by atoms with E-state index in [0.717, 1.165) is 0 Å². The van der Waals surface area contributed by atoms with Gasteiger partial charge in [0.1, 0.15) is 12.4 Å². The Morgan fingerprint density at radius 2 is 1.96 bits per heavy atom. The minimum Gasteiger partial charge on any atom is -0.423 e. The van der Waals surface area contributed by atoms with Crippen molar-refractivity contribution in [3.8, 4) is 5.75 Å². The highest BCUT2D eigenvalue weighted by atomic mass is 16.5. The molecule has 2 aromatic carbocycles. The number of carbonyl (C=O) groups is 2. The van der Waals surface area contributed by atoms with E-state index < -0.39 is 5.97 Å². The van der Waals surface area contributed by atoms with Gasteiger partial charge in [0.25, 0.3) is 5.91 Å². The van der Waals surface area contributed by atoms with Gasteiger partial charge in [-0.3, -0.25) is 4.79 Å². The van der Waals surface area contributed by atoms with Crippen molar-refractivity contribution in [3.05, 3.63) is 54.1 Å². The Labute approximate surface area is 133 Å². The van der Waals surface area contributed by atoms with Crippen LogP contribution in [0.2, 0.25) is 0 Å². The van der Waals surface area contributed by atoms with Gasteiger partial charge < -0.3 is 20.1 Å². The van der Waals surface area contributed by atoms with Gasteiger partial charge >= 0.3 is 5.97 Å². The average Bonchev–Trinajstić information content (AvgIpc) is 2.56. The van der Waals surface area contributed by atoms with E-state index in [9.17, 15) is 9.59 Å². The largest absolute Gasteiger partial charge is 0.423 e. The highest BCUT2D eigenvalue weighted by Gasteiger charge is 2.22. The Balaban J connectivity index is 1.78. The van der Waals surface area contributed by atoms with Crippen LogP contribution < -0.4 is 15.4 Å². The summed E-state index contributed by atoms with van der Waals surface area (Å²) in [5.41, 5.74) is 7.26. The van der Waals surface area contributed by atoms with Crippen molar-refractivity contribution in [2.75, 3.05) is 30.4 Å². The maximum Gasteiger partial charge on any atom is 0.343 e. The number of ether oxygens (including phenoxy) is 2. The van der Waals surface area contributed by atoms with Gasteiger partial charge in [0.15, 0.2) is 0 Å². The van der Waals surface area contributed by atoms with Crippen molar-refractivity contribution in [1.29, 1.82) is 0 Å². The summed E-state index contributed by atoms with van der Waals surface area (Å²) in [6.45, 7) is 0.942. The summed E-state index contributed by atoms with van der Waals surface area (Å²) < 4.78 is 10.4. The number of anilines is 2. The van der Waals surface area contributed by atoms with Crippen LogP contribution in [0.3, 0.4) is 0 Å². The molecule has 23 heavy (non-hydrogen) atoms. The molecule has 1 aliphatic heterocycles. The lowest BCUT2D eigenvalue weighted by atomic mass is 10.1. The summed E-state index contributed by atoms with van der Waals surface area (Å²) in [6, 6.07) is 13.6. The van der Waals surface area contributed by atoms with E-state index >= 15 is 0 Å². The molecule has 0 aliphatic carbocycles. The van der Waals surface area contributed by atoms with Gasteiger partial charge in [-0.25, -0.2) is 4.79 Å². The van der Waals surface area contributed by atoms with Crippen molar-refractivity contribution in [2.24, 2.45) is 0 Å². The molecule has 0 aromatic heterocycles. The number of nitrogens with two attached hydrogens (primary N) is 1. The maximum atomic E-state index is 12.1. The van der Waals surface area contributed by atoms with Crippen LogP contribution in [0, 0.1) is 0 Å². The van der Waals surface area contributed by atoms with Gasteiger partial charge in [-0.05, 0) is 30.3 Å². The Hall–Kier alpha value is -2.86. The molecule has 118 valence electrons. The van der Waals surface area contributed by atoms with E-state index in [1.807, 2.05) is 6.07 Å². The summed E-state index contributed by atoms with van der Waals surface area (Å²) in [5, 5.41) is 0. The van der Waals surface area contributed by atoms with Crippen molar-refractivity contribution in [3.63, 3.8) is 0 Å². The molecule has 0 spiro atoms. The highest BCUT2D eigenvalue weighted by Crippen LogP contribution is 2.26. The lowest BCUT2D eigenvalue weighted by Crippen LogP contribution is -2.42. The van der Waals surface area contributed by atoms with Crippen LogP contribution in [0.1, 0.15) is 10.4 Å². The smallest absolute Gasteiger partial charge is 0.343 e. The number of esters is 1. The Morgan fingerprint density at radius 1 is 1.17 bits per heavy atom. The number of hydrogen-bond donors (Lipinski definition) is 1. The molecular weight excluding hydrogens is 296 g/mol. The maximum absolute atomic E-state index is 12.1. The second kappa shape index (κ2) is 6.50. The molecule has 0 radical (unpaired) electrons. The van der Waals surface area contributed by atoms with E-state index in [1.165, 1.54) is 6.07 Å². The van der Waals surface area contributed by atoms with Gasteiger partial charge in [0, 0.05) is 6.54 Å². The number of nitrogens with zero attached hydrogens (tertiary/aromatic N) is 1. The number of para-hydroxylation sites is 1. The molecule has 0 bridgehead atoms. The zero-order chi connectivity index (χ0) is 16.2. The molecule has 0 unspecified atom stereocenters. The van der Waals surface area contributed by atoms with E-state index in [1.54, 1.807) is 41.3 Å². The number of nitrogen functional groups attached to an aromatic ring is 1. The Kier molecular flexibility index (Phi) is 4.25. The molecule has 6 nitrogen and oxygen atoms in total. The first-order valence-corrected chi connectivity index (χ1v) is 7.20. The number of rotatable bonds is 3. The molecule has 3 rings (SSSR count). The van der Waals surface area contributed by atoms with Gasteiger partial charge in [-0.15, -0.1) is 0 Å². The van der Waals surface area contributed by atoms with Crippen LogP contribution in [0.25, 0.3) is 0 Å². The third kappa shape index (κ3) is 3.32. The normalized spacial score (nSPS) is 14.6. The molecule has 2 aromatic rings. The number of carbonyl (C=O) groups excluding carboxylic acids is 2. The number of amides is 1. The minimum atomic E-state index is -0.497. The van der Waals surface area contributed by atoms with Crippen molar-refractivity contribution in [1.82, 2.24) is 0 Å². The fourth-order valence-corrected chi connectivity index (χ4v) is 2.35. The second-order valence-corrected chi connectivity index (χ2v) is 5.07. The number of morpholine rings is 1. The lowest BCUT2D eigenvalue weighted by Gasteiger charge is -2.28. The third-order valence-electron chi connectivity index (χ3n) is 3.49. The molecule has 0 atom stereocenters. The highest BCUT2D eigenvalue weighted by molar-refractivity contribution is 5.99. The first-order chi connectivity index (χ1) is 11.1. The predicted molar refractivity (Wildman–Crippen MR) is 85.4 cm³/mol. The van der Waals surface area contributed by atoms with E-state index in [0.29, 0.717) is 35.8 Å². The summed E-state index contributed by atoms with van der Waals surface area (Å²) in [4.78, 5) is 25.6. The third-order valence-corrected chi connectivity index (χ3v) is 3.49. The fraction of sp³-hybridized carbons (Fsp3) is 0.176. The first kappa shape index (κ1) is 15.1. The van der Waals surface area contributed by atoms with Crippen LogP contribution >= 0.6 is 0 Å². The summed E-state index contributed by atoms with van der Waals surface area (Å²) in [7, 11) is 0. The summed E-state index contributed by atoms with van der Waals surface area (Å²) in [6.07, 6.45) is 0. The SMILES string of the molecule is Nc1cc(C(=O)Oc2ccccc2)ccc1N1CCOCC1=O. The van der Waals surface area contributed by atoms with Gasteiger partial charge in [0.2, 0.25) is 0 Å². The zero-order valence-corrected chi connectivity index (χ0v) is 12.4. The Morgan fingerprint density at radius 3 is 2.65 bits per heavy atom. The van der Waals surface area contributed by atoms with E-state index in [-0.39, 0.29) is 12.5 Å². The van der Waals surface area contributed by atoms with E-state index in [4.69, 9.17) is 15.2 Å². The lowest BCUT2D eigenvalue weighted by molar-refractivity contribution is -0.125. The number of benzene rings is 2. The average molecular weight is 312 g/mol. The van der Waals surface area contributed by atoms with Crippen LogP contribution in [-0.4, -0.2) is 31.6 Å². The first-order valence-electron chi connectivity index (χ1n) is 7.20. The predicted octanol–water partition coefficient (Wildman–Crippen LogP) is 1.85. The summed E-state index contributed by atoms with van der Waals surface area (Å²) in [5.74, 6) is -0.186. The molecular formula is C17H16N2O4. The molecule has 1 aliphatic rings. The van der Waals surface area contributed by atoms with Crippen LogP contribution in [0.5, 0.6) is 5.75 Å². The number of hydrogen-bond acceptors (Lipinski definition) is 5. The van der Waals surface area contributed by atoms with Crippen LogP contribution in [0.15, 0.2) is 48.5 Å². The zero-order valence-electron chi connectivity index (χ0n) is 12.4. The molecule has 6 heteroatoms. The van der Waals surface area contributed by atoms with Crippen molar-refractivity contribution >= 4 is 23.3 Å². The second-order valence-electron chi connectivity index (χ2n) is 5.07. The minimum absolute atomic E-state index is 0.0389. The van der Waals surface area contributed by atoms with Gasteiger partial charge in [-0.2, -0.15) is 0 Å². The van der Waals surface area contributed by atoms with Crippen molar-refractivity contribution < 1.29 is 19.1 Å². The molecule has 1 fully saturated rings. The van der Waals surface area contributed by atoms with Crippen LogP contribution in [-0.2, 0) is 9.53 Å². The fourth-order valence-electron chi connectivity index (χ4n) is 2.35. The molecule has 1 amide bonds. The summed E-state index contributed by atoms with van der Waals surface area (Å²) >= 11 is 0. The van der Waals surface area contributed by atoms with E-state index in [2.05, 4.69) is 0 Å². The monoisotopic (exact) mass is 312 g/mol. The molecule has 2 N–H and O–H groups in total. The van der Waals surface area contributed by atoms with Crippen molar-refractivity contribution in [2.45, 2.75) is 0 Å².